The van der Waals surface area contributed by atoms with E-state index in [2.05, 4.69) is 10.4 Å². The molecule has 34 heavy (non-hydrogen) atoms. The van der Waals surface area contributed by atoms with Crippen molar-refractivity contribution < 1.29 is 4.79 Å². The smallest absolute Gasteiger partial charge is 0.352 e. The summed E-state index contributed by atoms with van der Waals surface area (Å²) in [4.78, 5) is 39.5. The molecule has 0 saturated heterocycles. The van der Waals surface area contributed by atoms with Gasteiger partial charge in [-0.3, -0.25) is 14.2 Å². The number of nitrogens with zero attached hydrogens (tertiary/aromatic N) is 4. The van der Waals surface area contributed by atoms with Gasteiger partial charge in [0.15, 0.2) is 0 Å². The average molecular weight is 482 g/mol. The average Bonchev–Trinajstić information content (AvgIpc) is 3.10. The van der Waals surface area contributed by atoms with Crippen molar-refractivity contribution in [1.29, 1.82) is 0 Å². The van der Waals surface area contributed by atoms with E-state index in [1.54, 1.807) is 30.3 Å². The highest BCUT2D eigenvalue weighted by Crippen LogP contribution is 2.16. The van der Waals surface area contributed by atoms with Crippen LogP contribution in [-0.4, -0.2) is 31.2 Å². The first-order valence-electron chi connectivity index (χ1n) is 11.3. The van der Waals surface area contributed by atoms with Gasteiger partial charge in [-0.15, -0.1) is 5.10 Å². The molecule has 0 fully saturated rings. The third-order valence-corrected chi connectivity index (χ3v) is 5.72. The van der Waals surface area contributed by atoms with Crippen molar-refractivity contribution in [2.24, 2.45) is 11.8 Å². The number of halogens is 1. The SMILES string of the molecule is CC(C)CNC(=O)c1ccc2c(=O)n(CC(C)C)c3nn(Cc4cccc(Cl)c4)c(=O)n3c2c1. The van der Waals surface area contributed by atoms with Crippen molar-refractivity contribution >= 4 is 34.2 Å². The van der Waals surface area contributed by atoms with Gasteiger partial charge in [-0.05, 0) is 47.7 Å². The molecule has 0 spiro atoms. The van der Waals surface area contributed by atoms with E-state index >= 15 is 0 Å². The Morgan fingerprint density at radius 2 is 1.82 bits per heavy atom. The summed E-state index contributed by atoms with van der Waals surface area (Å²) in [5.74, 6) is 0.451. The van der Waals surface area contributed by atoms with Crippen LogP contribution in [0, 0.1) is 11.8 Å². The van der Waals surface area contributed by atoms with Gasteiger partial charge in [0.2, 0.25) is 5.78 Å². The van der Waals surface area contributed by atoms with E-state index in [9.17, 15) is 14.4 Å². The first-order valence-corrected chi connectivity index (χ1v) is 11.7. The predicted molar refractivity (Wildman–Crippen MR) is 134 cm³/mol. The summed E-state index contributed by atoms with van der Waals surface area (Å²) in [6, 6.07) is 12.0. The molecule has 0 aliphatic heterocycles. The third-order valence-electron chi connectivity index (χ3n) is 5.48. The largest absolute Gasteiger partial charge is 0.352 e. The molecular formula is C25H28ClN5O3. The molecule has 0 saturated carbocycles. The van der Waals surface area contributed by atoms with Crippen molar-refractivity contribution in [3.63, 3.8) is 0 Å². The molecule has 8 nitrogen and oxygen atoms in total. The summed E-state index contributed by atoms with van der Waals surface area (Å²) in [5.41, 5.74) is 0.917. The Labute approximate surface area is 201 Å². The van der Waals surface area contributed by atoms with Crippen LogP contribution in [0.2, 0.25) is 5.02 Å². The molecule has 0 bridgehead atoms. The van der Waals surface area contributed by atoms with E-state index in [4.69, 9.17) is 11.6 Å². The highest BCUT2D eigenvalue weighted by Gasteiger charge is 2.20. The molecule has 178 valence electrons. The van der Waals surface area contributed by atoms with E-state index in [-0.39, 0.29) is 29.7 Å². The molecule has 1 amide bonds. The second kappa shape index (κ2) is 9.46. The minimum atomic E-state index is -0.391. The van der Waals surface area contributed by atoms with Crippen LogP contribution in [0.4, 0.5) is 0 Å². The normalized spacial score (nSPS) is 11.7. The molecule has 9 heteroatoms. The van der Waals surface area contributed by atoms with E-state index in [0.717, 1.165) is 5.56 Å². The lowest BCUT2D eigenvalue weighted by atomic mass is 10.1. The van der Waals surface area contributed by atoms with Gasteiger partial charge < -0.3 is 5.32 Å². The van der Waals surface area contributed by atoms with E-state index in [0.29, 0.717) is 40.5 Å². The fraction of sp³-hybridized carbons (Fsp3) is 0.360. The van der Waals surface area contributed by atoms with Crippen molar-refractivity contribution in [3.8, 4) is 0 Å². The van der Waals surface area contributed by atoms with Gasteiger partial charge >= 0.3 is 5.69 Å². The highest BCUT2D eigenvalue weighted by atomic mass is 35.5. The Balaban J connectivity index is 1.94. The first kappa shape index (κ1) is 23.8. The zero-order valence-electron chi connectivity index (χ0n) is 19.7. The quantitative estimate of drug-likeness (QED) is 0.437. The van der Waals surface area contributed by atoms with E-state index in [1.807, 2.05) is 39.8 Å². The molecule has 2 aromatic heterocycles. The Kier molecular flexibility index (Phi) is 6.61. The maximum atomic E-state index is 13.5. The van der Waals surface area contributed by atoms with E-state index < -0.39 is 5.69 Å². The molecule has 0 aliphatic carbocycles. The minimum Gasteiger partial charge on any atom is -0.352 e. The summed E-state index contributed by atoms with van der Waals surface area (Å²) in [6.45, 7) is 9.15. The van der Waals surface area contributed by atoms with Gasteiger partial charge in [-0.1, -0.05) is 51.4 Å². The van der Waals surface area contributed by atoms with Crippen LogP contribution in [0.5, 0.6) is 0 Å². The lowest BCUT2D eigenvalue weighted by Crippen LogP contribution is -2.29. The van der Waals surface area contributed by atoms with Crippen LogP contribution in [-0.2, 0) is 13.1 Å². The van der Waals surface area contributed by atoms with Crippen LogP contribution < -0.4 is 16.6 Å². The molecule has 0 unspecified atom stereocenters. The van der Waals surface area contributed by atoms with Crippen LogP contribution in [0.15, 0.2) is 52.1 Å². The van der Waals surface area contributed by atoms with Gasteiger partial charge in [0, 0.05) is 23.7 Å². The number of fused-ring (bicyclic) bond motifs is 3. The molecule has 2 heterocycles. The first-order chi connectivity index (χ1) is 16.2. The number of rotatable bonds is 7. The highest BCUT2D eigenvalue weighted by molar-refractivity contribution is 6.30. The minimum absolute atomic E-state index is 0.160. The van der Waals surface area contributed by atoms with Gasteiger partial charge in [-0.2, -0.15) is 0 Å². The number of hydrogen-bond donors (Lipinski definition) is 1. The lowest BCUT2D eigenvalue weighted by molar-refractivity contribution is 0.0949. The van der Waals surface area contributed by atoms with Gasteiger partial charge in [0.1, 0.15) is 0 Å². The fourth-order valence-corrected chi connectivity index (χ4v) is 4.11. The van der Waals surface area contributed by atoms with Crippen molar-refractivity contribution in [2.45, 2.75) is 40.8 Å². The second-order valence-corrected chi connectivity index (χ2v) is 9.79. The summed E-state index contributed by atoms with van der Waals surface area (Å²) in [6.07, 6.45) is 0. The molecule has 0 atom stereocenters. The van der Waals surface area contributed by atoms with Crippen LogP contribution in [0.25, 0.3) is 16.7 Å². The number of hydrogen-bond acceptors (Lipinski definition) is 4. The third kappa shape index (κ3) is 4.63. The van der Waals surface area contributed by atoms with Crippen molar-refractivity contribution in [1.82, 2.24) is 24.1 Å². The van der Waals surface area contributed by atoms with E-state index in [1.165, 1.54) is 13.6 Å². The zero-order valence-corrected chi connectivity index (χ0v) is 20.5. The maximum absolute atomic E-state index is 13.5. The molecule has 0 radical (unpaired) electrons. The number of carbonyl (C=O) groups excluding carboxylic acids is 1. The van der Waals surface area contributed by atoms with Crippen molar-refractivity contribution in [3.05, 3.63) is 79.5 Å². The zero-order chi connectivity index (χ0) is 24.6. The Morgan fingerprint density at radius 1 is 1.06 bits per heavy atom. The molecule has 4 aromatic rings. The molecular weight excluding hydrogens is 454 g/mol. The number of nitrogens with one attached hydrogen (secondary N) is 1. The summed E-state index contributed by atoms with van der Waals surface area (Å²) in [7, 11) is 0. The second-order valence-electron chi connectivity index (χ2n) is 9.35. The Bertz CT molecular complexity index is 1500. The van der Waals surface area contributed by atoms with Crippen LogP contribution >= 0.6 is 11.6 Å². The van der Waals surface area contributed by atoms with Gasteiger partial charge in [0.05, 0.1) is 17.4 Å². The Hall–Kier alpha value is -3.39. The number of benzene rings is 2. The Morgan fingerprint density at radius 3 is 2.50 bits per heavy atom. The summed E-state index contributed by atoms with van der Waals surface area (Å²) < 4.78 is 4.27. The number of carbonyl (C=O) groups is 1. The fourth-order valence-electron chi connectivity index (χ4n) is 3.90. The summed E-state index contributed by atoms with van der Waals surface area (Å²) in [5, 5.41) is 8.32. The maximum Gasteiger partial charge on any atom is 0.352 e. The molecule has 4 rings (SSSR count). The van der Waals surface area contributed by atoms with Crippen LogP contribution in [0.1, 0.15) is 43.6 Å². The topological polar surface area (TPSA) is 90.4 Å². The lowest BCUT2D eigenvalue weighted by Gasteiger charge is -2.13. The number of amides is 1. The predicted octanol–water partition coefficient (Wildman–Crippen LogP) is 3.55. The van der Waals surface area contributed by atoms with Crippen LogP contribution in [0.3, 0.4) is 0 Å². The van der Waals surface area contributed by atoms with Gasteiger partial charge in [0.25, 0.3) is 11.5 Å². The molecule has 2 aromatic carbocycles. The number of aromatic nitrogens is 4. The monoisotopic (exact) mass is 481 g/mol. The van der Waals surface area contributed by atoms with Crippen molar-refractivity contribution in [2.75, 3.05) is 6.54 Å². The summed E-state index contributed by atoms with van der Waals surface area (Å²) >= 11 is 6.11. The molecule has 1 N–H and O–H groups in total. The van der Waals surface area contributed by atoms with Gasteiger partial charge in [-0.25, -0.2) is 13.9 Å². The molecule has 0 aliphatic rings. The standard InChI is InChI=1S/C25H28ClN5O3/c1-15(2)12-27-22(32)18-8-9-20-21(11-18)31-24(29(23(20)33)13-16(3)4)28-30(25(31)34)14-17-6-5-7-19(26)10-17/h5-11,15-16H,12-14H2,1-4H3,(H,27,32).